The number of hydrogen-bond donors (Lipinski definition) is 1. The van der Waals surface area contributed by atoms with Gasteiger partial charge in [0.2, 0.25) is 0 Å². The van der Waals surface area contributed by atoms with E-state index in [9.17, 15) is 9.59 Å². The Morgan fingerprint density at radius 3 is 2.56 bits per heavy atom. The highest BCUT2D eigenvalue weighted by atomic mass is 35.5. The third kappa shape index (κ3) is 4.29. The van der Waals surface area contributed by atoms with Gasteiger partial charge >= 0.3 is 5.91 Å². The molecule has 140 valence electrons. The van der Waals surface area contributed by atoms with Gasteiger partial charge in [0, 0.05) is 11.7 Å². The molecule has 1 aliphatic carbocycles. The lowest BCUT2D eigenvalue weighted by Crippen LogP contribution is -2.46. The predicted octanol–water partition coefficient (Wildman–Crippen LogP) is 4.35. The van der Waals surface area contributed by atoms with Crippen molar-refractivity contribution in [2.45, 2.75) is 37.8 Å². The van der Waals surface area contributed by atoms with Crippen LogP contribution in [-0.2, 0) is 9.59 Å². The molecule has 27 heavy (non-hydrogen) atoms. The van der Waals surface area contributed by atoms with Crippen molar-refractivity contribution in [2.75, 3.05) is 4.90 Å². The molecule has 3 rings (SSSR count). The summed E-state index contributed by atoms with van der Waals surface area (Å²) in [7, 11) is 0. The molecule has 1 N–H and O–H groups in total. The van der Waals surface area contributed by atoms with Gasteiger partial charge < -0.3 is 9.73 Å². The van der Waals surface area contributed by atoms with Gasteiger partial charge in [-0.3, -0.25) is 14.5 Å². The maximum absolute atomic E-state index is 13.1. The number of carbonyl (C=O) groups is 2. The predicted molar refractivity (Wildman–Crippen MR) is 105 cm³/mol. The van der Waals surface area contributed by atoms with Gasteiger partial charge in [0.05, 0.1) is 16.3 Å². The van der Waals surface area contributed by atoms with E-state index in [4.69, 9.17) is 34.0 Å². The van der Waals surface area contributed by atoms with Crippen molar-refractivity contribution in [1.82, 2.24) is 5.32 Å². The molecule has 0 spiro atoms. The number of carbonyl (C=O) groups excluding carboxylic acids is 2. The number of furan rings is 1. The van der Waals surface area contributed by atoms with E-state index in [2.05, 4.69) is 11.2 Å². The Kier molecular flexibility index (Phi) is 6.10. The summed E-state index contributed by atoms with van der Waals surface area (Å²) < 4.78 is 5.45. The third-order valence-electron chi connectivity index (χ3n) is 4.54. The molecule has 1 fully saturated rings. The first-order valence-electron chi connectivity index (χ1n) is 8.60. The molecule has 0 unspecified atom stereocenters. The van der Waals surface area contributed by atoms with Crippen LogP contribution in [0.1, 0.15) is 37.5 Å². The largest absolute Gasteiger partial charge is 0.467 e. The topological polar surface area (TPSA) is 62.6 Å². The highest BCUT2D eigenvalue weighted by Crippen LogP contribution is 2.33. The molecule has 1 aliphatic rings. The van der Waals surface area contributed by atoms with Crippen LogP contribution in [0.15, 0.2) is 41.0 Å². The fourth-order valence-electron chi connectivity index (χ4n) is 3.26. The highest BCUT2D eigenvalue weighted by molar-refractivity contribution is 6.42. The highest BCUT2D eigenvalue weighted by Gasteiger charge is 2.35. The smallest absolute Gasteiger partial charge is 0.303 e. The summed E-state index contributed by atoms with van der Waals surface area (Å²) >= 11 is 12.1. The summed E-state index contributed by atoms with van der Waals surface area (Å²) in [5.41, 5.74) is 0.357. The van der Waals surface area contributed by atoms with Crippen LogP contribution in [0.3, 0.4) is 0 Å². The molecule has 2 aromatic rings. The van der Waals surface area contributed by atoms with Gasteiger partial charge in [-0.2, -0.15) is 0 Å². The van der Waals surface area contributed by atoms with Crippen molar-refractivity contribution in [3.63, 3.8) is 0 Å². The van der Waals surface area contributed by atoms with Crippen molar-refractivity contribution in [3.05, 3.63) is 52.4 Å². The summed E-state index contributed by atoms with van der Waals surface area (Å²) in [5.74, 6) is 1.34. The third-order valence-corrected chi connectivity index (χ3v) is 5.28. The Hall–Kier alpha value is -2.42. The van der Waals surface area contributed by atoms with E-state index in [0.29, 0.717) is 16.5 Å². The molecule has 1 atom stereocenters. The molecule has 0 aliphatic heterocycles. The Morgan fingerprint density at radius 2 is 1.96 bits per heavy atom. The number of nitrogens with zero attached hydrogens (tertiary/aromatic N) is 1. The Labute approximate surface area is 167 Å². The van der Waals surface area contributed by atoms with E-state index >= 15 is 0 Å². The van der Waals surface area contributed by atoms with E-state index in [0.717, 1.165) is 25.7 Å². The van der Waals surface area contributed by atoms with Crippen LogP contribution < -0.4 is 10.2 Å². The number of amides is 2. The number of benzene rings is 1. The fraction of sp³-hybridized carbons (Fsp3) is 0.300. The minimum absolute atomic E-state index is 0.0755. The van der Waals surface area contributed by atoms with Crippen LogP contribution in [0.2, 0.25) is 10.0 Å². The average Bonchev–Trinajstić information content (AvgIpc) is 3.35. The molecular formula is C20H18Cl2N2O3. The molecule has 1 heterocycles. The zero-order valence-electron chi connectivity index (χ0n) is 14.5. The van der Waals surface area contributed by atoms with Gasteiger partial charge in [0.25, 0.3) is 5.91 Å². The van der Waals surface area contributed by atoms with E-state index in [1.165, 1.54) is 17.2 Å². The first-order valence-corrected chi connectivity index (χ1v) is 9.35. The average molecular weight is 405 g/mol. The number of terminal acetylenes is 1. The van der Waals surface area contributed by atoms with Gasteiger partial charge in [-0.25, -0.2) is 0 Å². The van der Waals surface area contributed by atoms with Crippen LogP contribution in [0, 0.1) is 12.3 Å². The number of rotatable bonds is 5. The lowest BCUT2D eigenvalue weighted by atomic mass is 10.1. The van der Waals surface area contributed by atoms with E-state index < -0.39 is 11.9 Å². The monoisotopic (exact) mass is 404 g/mol. The van der Waals surface area contributed by atoms with Crippen LogP contribution in [-0.4, -0.2) is 17.9 Å². The maximum Gasteiger partial charge on any atom is 0.303 e. The maximum atomic E-state index is 13.1. The van der Waals surface area contributed by atoms with Crippen molar-refractivity contribution < 1.29 is 14.0 Å². The molecule has 1 aromatic heterocycles. The van der Waals surface area contributed by atoms with Crippen molar-refractivity contribution in [3.8, 4) is 12.3 Å². The van der Waals surface area contributed by atoms with E-state index in [1.54, 1.807) is 24.3 Å². The quantitative estimate of drug-likeness (QED) is 0.753. The minimum atomic E-state index is -1.05. The first-order chi connectivity index (χ1) is 13.0. The van der Waals surface area contributed by atoms with Gasteiger partial charge in [0.1, 0.15) is 5.76 Å². The summed E-state index contributed by atoms with van der Waals surface area (Å²) in [4.78, 5) is 26.9. The van der Waals surface area contributed by atoms with Crippen LogP contribution in [0.4, 0.5) is 5.69 Å². The molecule has 7 heteroatoms. The van der Waals surface area contributed by atoms with Gasteiger partial charge in [0.15, 0.2) is 6.04 Å². The van der Waals surface area contributed by atoms with Gasteiger partial charge in [-0.05, 0) is 49.1 Å². The molecule has 0 radical (unpaired) electrons. The number of nitrogens with one attached hydrogen (secondary N) is 1. The standard InChI is InChI=1S/C20H18Cl2N2O3/c1-2-18(25)24(14-9-10-15(21)16(22)12-14)19(17-8-5-11-27-17)20(26)23-13-6-3-4-7-13/h1,5,8-13,19H,3-4,6-7H2,(H,23,26)/t19-/m1/s1. The Morgan fingerprint density at radius 1 is 1.22 bits per heavy atom. The van der Waals surface area contributed by atoms with Crippen molar-refractivity contribution in [2.24, 2.45) is 0 Å². The Bertz CT molecular complexity index is 868. The summed E-state index contributed by atoms with van der Waals surface area (Å²) in [6.07, 6.45) is 10.8. The summed E-state index contributed by atoms with van der Waals surface area (Å²) in [6.45, 7) is 0. The first kappa shape index (κ1) is 19.3. The zero-order chi connectivity index (χ0) is 19.4. The normalized spacial score (nSPS) is 15.1. The zero-order valence-corrected chi connectivity index (χ0v) is 16.0. The van der Waals surface area contributed by atoms with Gasteiger partial charge in [-0.15, -0.1) is 6.42 Å². The van der Waals surface area contributed by atoms with Crippen LogP contribution in [0.25, 0.3) is 0 Å². The Balaban J connectivity index is 2.02. The SMILES string of the molecule is C#CC(=O)N(c1ccc(Cl)c(Cl)c1)[C@@H](C(=O)NC1CCCC1)c1ccco1. The van der Waals surface area contributed by atoms with Crippen molar-refractivity contribution in [1.29, 1.82) is 0 Å². The molecule has 0 saturated heterocycles. The second-order valence-electron chi connectivity index (χ2n) is 6.33. The molecule has 2 amide bonds. The van der Waals surface area contributed by atoms with E-state index in [1.807, 2.05) is 0 Å². The molecular weight excluding hydrogens is 387 g/mol. The van der Waals surface area contributed by atoms with Crippen molar-refractivity contribution >= 4 is 40.7 Å². The molecule has 5 nitrogen and oxygen atoms in total. The van der Waals surface area contributed by atoms with Gasteiger partial charge in [-0.1, -0.05) is 36.0 Å². The lowest BCUT2D eigenvalue weighted by Gasteiger charge is -2.29. The molecule has 1 saturated carbocycles. The summed E-state index contributed by atoms with van der Waals surface area (Å²) in [5, 5.41) is 3.58. The van der Waals surface area contributed by atoms with Crippen LogP contribution in [0.5, 0.6) is 0 Å². The molecule has 0 bridgehead atoms. The minimum Gasteiger partial charge on any atom is -0.467 e. The number of hydrogen-bond acceptors (Lipinski definition) is 3. The molecule has 1 aromatic carbocycles. The summed E-state index contributed by atoms with van der Waals surface area (Å²) in [6, 6.07) is 6.93. The lowest BCUT2D eigenvalue weighted by molar-refractivity contribution is -0.126. The number of halogens is 2. The number of anilines is 1. The fourth-order valence-corrected chi connectivity index (χ4v) is 3.55. The second-order valence-corrected chi connectivity index (χ2v) is 7.14. The van der Waals surface area contributed by atoms with Crippen LogP contribution >= 0.6 is 23.2 Å². The van der Waals surface area contributed by atoms with E-state index in [-0.39, 0.29) is 17.0 Å². The second kappa shape index (κ2) is 8.51.